The van der Waals surface area contributed by atoms with Crippen LogP contribution in [0.4, 0.5) is 5.69 Å². The van der Waals surface area contributed by atoms with Crippen molar-refractivity contribution in [2.45, 2.75) is 25.9 Å². The number of para-hydroxylation sites is 1. The molecule has 152 valence electrons. The van der Waals surface area contributed by atoms with E-state index in [0.717, 1.165) is 36.0 Å². The van der Waals surface area contributed by atoms with Crippen molar-refractivity contribution >= 4 is 22.6 Å². The molecule has 0 amide bonds. The molecule has 3 aromatic rings. The largest absolute Gasteiger partial charge is 0.462 e. The number of benzene rings is 1. The van der Waals surface area contributed by atoms with Crippen LogP contribution in [0.5, 0.6) is 0 Å². The first-order valence-corrected chi connectivity index (χ1v) is 10.0. The van der Waals surface area contributed by atoms with Gasteiger partial charge in [0.1, 0.15) is 17.5 Å². The summed E-state index contributed by atoms with van der Waals surface area (Å²) in [6.07, 6.45) is 6.32. The lowest BCUT2D eigenvalue weighted by Gasteiger charge is -2.37. The zero-order chi connectivity index (χ0) is 20.4. The van der Waals surface area contributed by atoms with E-state index in [4.69, 9.17) is 4.74 Å². The van der Waals surface area contributed by atoms with Gasteiger partial charge in [-0.25, -0.2) is 9.78 Å². The van der Waals surface area contributed by atoms with Gasteiger partial charge in [-0.05, 0) is 25.8 Å². The number of carbonyl (C=O) groups excluding carboxylic acids is 1. The molecule has 4 rings (SSSR count). The number of aryl methyl sites for hydroxylation is 1. The summed E-state index contributed by atoms with van der Waals surface area (Å²) in [6.45, 7) is 3.55. The van der Waals surface area contributed by atoms with Gasteiger partial charge in [-0.1, -0.05) is 18.2 Å². The van der Waals surface area contributed by atoms with Crippen molar-refractivity contribution in [1.29, 1.82) is 0 Å². The van der Waals surface area contributed by atoms with Gasteiger partial charge in [0.2, 0.25) is 0 Å². The summed E-state index contributed by atoms with van der Waals surface area (Å²) in [6, 6.07) is 7.82. The Labute approximate surface area is 170 Å². The lowest BCUT2D eigenvalue weighted by atomic mass is 9.91. The Morgan fingerprint density at radius 2 is 2.17 bits per heavy atom. The van der Waals surface area contributed by atoms with Gasteiger partial charge < -0.3 is 19.3 Å². The first kappa shape index (κ1) is 19.4. The predicted molar refractivity (Wildman–Crippen MR) is 111 cm³/mol. The smallest absolute Gasteiger partial charge is 0.341 e. The number of anilines is 1. The van der Waals surface area contributed by atoms with E-state index < -0.39 is 6.10 Å². The van der Waals surface area contributed by atoms with Gasteiger partial charge in [0, 0.05) is 50.0 Å². The summed E-state index contributed by atoms with van der Waals surface area (Å²) in [5.74, 6) is 0.321. The highest BCUT2D eigenvalue weighted by Crippen LogP contribution is 2.36. The van der Waals surface area contributed by atoms with E-state index in [2.05, 4.69) is 14.9 Å². The number of piperidine rings is 1. The zero-order valence-corrected chi connectivity index (χ0v) is 16.8. The summed E-state index contributed by atoms with van der Waals surface area (Å²) in [5, 5.41) is 11.9. The predicted octanol–water partition coefficient (Wildman–Crippen LogP) is 3.10. The fraction of sp³-hybridized carbons (Fsp3) is 0.409. The average molecular weight is 394 g/mol. The molecule has 2 unspecified atom stereocenters. The minimum atomic E-state index is -0.656. The topological polar surface area (TPSA) is 80.5 Å². The molecule has 0 radical (unpaired) electrons. The van der Waals surface area contributed by atoms with Gasteiger partial charge in [0.15, 0.2) is 0 Å². The Morgan fingerprint density at radius 1 is 1.34 bits per heavy atom. The highest BCUT2D eigenvalue weighted by molar-refractivity contribution is 6.05. The first-order chi connectivity index (χ1) is 14.1. The number of rotatable bonds is 5. The molecule has 3 heterocycles. The Kier molecular flexibility index (Phi) is 5.49. The third-order valence-electron chi connectivity index (χ3n) is 5.59. The number of hydrogen-bond donors (Lipinski definition) is 1. The molecule has 1 aliphatic rings. The van der Waals surface area contributed by atoms with Gasteiger partial charge >= 0.3 is 5.97 Å². The number of nitrogens with zero attached hydrogens (tertiary/aromatic N) is 4. The molecule has 1 fully saturated rings. The summed E-state index contributed by atoms with van der Waals surface area (Å²) >= 11 is 0. The Bertz CT molecular complexity index is 1020. The molecule has 1 saturated heterocycles. The van der Waals surface area contributed by atoms with Gasteiger partial charge in [-0.15, -0.1) is 0 Å². The third-order valence-corrected chi connectivity index (χ3v) is 5.59. The Hall–Kier alpha value is -2.93. The number of aromatic nitrogens is 3. The minimum Gasteiger partial charge on any atom is -0.462 e. The highest BCUT2D eigenvalue weighted by atomic mass is 16.5. The second-order valence-corrected chi connectivity index (χ2v) is 7.45. The first-order valence-electron chi connectivity index (χ1n) is 10.0. The van der Waals surface area contributed by atoms with Crippen LogP contribution in [0.1, 0.15) is 42.1 Å². The molecule has 0 aliphatic carbocycles. The van der Waals surface area contributed by atoms with Crippen molar-refractivity contribution in [3.63, 3.8) is 0 Å². The lowest BCUT2D eigenvalue weighted by Crippen LogP contribution is -2.39. The van der Waals surface area contributed by atoms with Crippen LogP contribution in [0.15, 0.2) is 42.9 Å². The van der Waals surface area contributed by atoms with Gasteiger partial charge in [0.25, 0.3) is 0 Å². The molecule has 0 bridgehead atoms. The number of aliphatic hydroxyl groups excluding tert-OH is 1. The maximum Gasteiger partial charge on any atom is 0.341 e. The fourth-order valence-corrected chi connectivity index (χ4v) is 4.17. The number of fused-ring (bicyclic) bond motifs is 1. The van der Waals surface area contributed by atoms with Crippen LogP contribution in [0.2, 0.25) is 0 Å². The van der Waals surface area contributed by atoms with Crippen molar-refractivity contribution in [2.24, 2.45) is 13.0 Å². The van der Waals surface area contributed by atoms with Crippen molar-refractivity contribution in [1.82, 2.24) is 14.5 Å². The van der Waals surface area contributed by atoms with E-state index in [9.17, 15) is 9.90 Å². The van der Waals surface area contributed by atoms with Crippen molar-refractivity contribution < 1.29 is 14.6 Å². The molecule has 7 heteroatoms. The standard InChI is InChI=1S/C22H26N4O3/c1-3-29-22(28)17-13-24-18-9-5-4-8-16(18)19(17)26-11-6-7-15(14-26)20(27)21-23-10-12-25(21)2/h4-5,8-10,12-13,15,20,27H,3,6-7,11,14H2,1-2H3. The molecule has 2 aromatic heterocycles. The van der Waals surface area contributed by atoms with Crippen molar-refractivity contribution in [3.8, 4) is 0 Å². The quantitative estimate of drug-likeness (QED) is 0.670. The van der Waals surface area contributed by atoms with E-state index >= 15 is 0 Å². The summed E-state index contributed by atoms with van der Waals surface area (Å²) in [4.78, 5) is 23.6. The van der Waals surface area contributed by atoms with Crippen molar-refractivity contribution in [3.05, 3.63) is 54.2 Å². The number of imidazole rings is 1. The Morgan fingerprint density at radius 3 is 2.93 bits per heavy atom. The summed E-state index contributed by atoms with van der Waals surface area (Å²) in [7, 11) is 1.89. The molecular formula is C22H26N4O3. The van der Waals surface area contributed by atoms with Crippen LogP contribution in [0, 0.1) is 5.92 Å². The van der Waals surface area contributed by atoms with E-state index in [0.29, 0.717) is 24.5 Å². The number of pyridine rings is 1. The molecule has 2 atom stereocenters. The molecular weight excluding hydrogens is 368 g/mol. The molecule has 29 heavy (non-hydrogen) atoms. The summed E-state index contributed by atoms with van der Waals surface area (Å²) in [5.41, 5.74) is 2.14. The second kappa shape index (κ2) is 8.21. The number of carbonyl (C=O) groups is 1. The van der Waals surface area contributed by atoms with Crippen LogP contribution < -0.4 is 4.90 Å². The van der Waals surface area contributed by atoms with Crippen LogP contribution in [-0.2, 0) is 11.8 Å². The monoisotopic (exact) mass is 394 g/mol. The van der Waals surface area contributed by atoms with E-state index in [1.807, 2.05) is 42.1 Å². The van der Waals surface area contributed by atoms with Crippen molar-refractivity contribution in [2.75, 3.05) is 24.6 Å². The lowest BCUT2D eigenvalue weighted by molar-refractivity contribution is 0.0526. The second-order valence-electron chi connectivity index (χ2n) is 7.45. The molecule has 1 N–H and O–H groups in total. The highest BCUT2D eigenvalue weighted by Gasteiger charge is 2.31. The molecule has 0 saturated carbocycles. The fourth-order valence-electron chi connectivity index (χ4n) is 4.17. The van der Waals surface area contributed by atoms with Crippen LogP contribution in [0.3, 0.4) is 0 Å². The number of esters is 1. The third kappa shape index (κ3) is 3.70. The molecule has 1 aromatic carbocycles. The maximum atomic E-state index is 12.6. The average Bonchev–Trinajstić information content (AvgIpc) is 3.18. The SMILES string of the molecule is CCOC(=O)c1cnc2ccccc2c1N1CCCC(C(O)c2nccn2C)C1. The van der Waals surface area contributed by atoms with Crippen LogP contribution >= 0.6 is 0 Å². The number of ether oxygens (including phenoxy) is 1. The Balaban J connectivity index is 1.72. The van der Waals surface area contributed by atoms with Crippen LogP contribution in [-0.4, -0.2) is 45.3 Å². The number of hydrogen-bond acceptors (Lipinski definition) is 6. The van der Waals surface area contributed by atoms with Gasteiger partial charge in [0.05, 0.1) is 17.8 Å². The van der Waals surface area contributed by atoms with E-state index in [1.165, 1.54) is 0 Å². The van der Waals surface area contributed by atoms with Crippen LogP contribution in [0.25, 0.3) is 10.9 Å². The van der Waals surface area contributed by atoms with Gasteiger partial charge in [-0.3, -0.25) is 4.98 Å². The van der Waals surface area contributed by atoms with E-state index in [-0.39, 0.29) is 11.9 Å². The maximum absolute atomic E-state index is 12.6. The zero-order valence-electron chi connectivity index (χ0n) is 16.8. The number of aliphatic hydroxyl groups is 1. The normalized spacial score (nSPS) is 18.0. The van der Waals surface area contributed by atoms with E-state index in [1.54, 1.807) is 19.3 Å². The molecule has 0 spiro atoms. The van der Waals surface area contributed by atoms with Gasteiger partial charge in [-0.2, -0.15) is 0 Å². The minimum absolute atomic E-state index is 0.0202. The molecule has 1 aliphatic heterocycles. The summed E-state index contributed by atoms with van der Waals surface area (Å²) < 4.78 is 7.15. The molecule has 7 nitrogen and oxygen atoms in total.